The molecular formula is C14H15ClN2O2. The van der Waals surface area contributed by atoms with Crippen LogP contribution in [0.3, 0.4) is 0 Å². The number of rotatable bonds is 1. The van der Waals surface area contributed by atoms with Gasteiger partial charge in [0.25, 0.3) is 0 Å². The van der Waals surface area contributed by atoms with Crippen LogP contribution in [0.2, 0.25) is 5.02 Å². The van der Waals surface area contributed by atoms with E-state index in [4.69, 9.17) is 26.3 Å². The Bertz CT molecular complexity index is 511. The maximum atomic E-state index is 8.88. The van der Waals surface area contributed by atoms with Gasteiger partial charge in [-0.2, -0.15) is 5.26 Å². The highest BCUT2D eigenvalue weighted by Crippen LogP contribution is 2.34. The van der Waals surface area contributed by atoms with Gasteiger partial charge in [0.05, 0.1) is 23.8 Å². The molecule has 1 spiro atoms. The minimum atomic E-state index is -0.354. The minimum Gasteiger partial charge on any atom is -0.371 e. The Kier molecular flexibility index (Phi) is 3.36. The van der Waals surface area contributed by atoms with Crippen molar-refractivity contribution < 1.29 is 9.47 Å². The van der Waals surface area contributed by atoms with Gasteiger partial charge in [0.15, 0.2) is 5.79 Å². The van der Waals surface area contributed by atoms with Gasteiger partial charge in [-0.3, -0.25) is 0 Å². The molecule has 0 amide bonds. The summed E-state index contributed by atoms with van der Waals surface area (Å²) in [6, 6.07) is 7.64. The van der Waals surface area contributed by atoms with Crippen LogP contribution in [0.4, 0.5) is 5.69 Å². The number of anilines is 1. The maximum Gasteiger partial charge on any atom is 0.171 e. The molecule has 0 unspecified atom stereocenters. The molecule has 2 aliphatic heterocycles. The van der Waals surface area contributed by atoms with Crippen molar-refractivity contribution in [3.63, 3.8) is 0 Å². The third-order valence-corrected chi connectivity index (χ3v) is 4.09. The molecule has 3 rings (SSSR count). The Balaban J connectivity index is 1.71. The molecule has 0 saturated carbocycles. The normalized spacial score (nSPS) is 21.6. The summed E-state index contributed by atoms with van der Waals surface area (Å²) in [6.07, 6.45) is 1.73. The van der Waals surface area contributed by atoms with Crippen molar-refractivity contribution in [3.8, 4) is 6.07 Å². The van der Waals surface area contributed by atoms with Gasteiger partial charge in [-0.25, -0.2) is 0 Å². The van der Waals surface area contributed by atoms with E-state index in [9.17, 15) is 0 Å². The van der Waals surface area contributed by atoms with Crippen molar-refractivity contribution in [2.45, 2.75) is 18.6 Å². The van der Waals surface area contributed by atoms with E-state index in [2.05, 4.69) is 11.0 Å². The fraction of sp³-hybridized carbons (Fsp3) is 0.500. The van der Waals surface area contributed by atoms with Gasteiger partial charge >= 0.3 is 0 Å². The van der Waals surface area contributed by atoms with Gasteiger partial charge in [-0.1, -0.05) is 11.6 Å². The number of nitriles is 1. The molecule has 2 fully saturated rings. The first kappa shape index (κ1) is 12.7. The molecule has 0 radical (unpaired) electrons. The lowest BCUT2D eigenvalue weighted by Gasteiger charge is -2.38. The van der Waals surface area contributed by atoms with E-state index >= 15 is 0 Å². The molecule has 0 N–H and O–H groups in total. The molecule has 0 atom stereocenters. The zero-order valence-electron chi connectivity index (χ0n) is 10.6. The molecule has 19 heavy (non-hydrogen) atoms. The summed E-state index contributed by atoms with van der Waals surface area (Å²) in [4.78, 5) is 2.25. The fourth-order valence-electron chi connectivity index (χ4n) is 2.68. The monoisotopic (exact) mass is 278 g/mol. The zero-order valence-corrected chi connectivity index (χ0v) is 11.3. The van der Waals surface area contributed by atoms with Crippen LogP contribution in [0, 0.1) is 11.3 Å². The van der Waals surface area contributed by atoms with E-state index in [0.29, 0.717) is 23.8 Å². The topological polar surface area (TPSA) is 45.5 Å². The Hall–Kier alpha value is -1.28. The zero-order chi connectivity index (χ0) is 13.3. The first-order valence-corrected chi connectivity index (χ1v) is 6.83. The summed E-state index contributed by atoms with van der Waals surface area (Å²) >= 11 is 6.07. The van der Waals surface area contributed by atoms with Crippen molar-refractivity contribution in [1.29, 1.82) is 5.26 Å². The van der Waals surface area contributed by atoms with E-state index < -0.39 is 0 Å². The second-order valence-electron chi connectivity index (χ2n) is 4.87. The smallest absolute Gasteiger partial charge is 0.171 e. The van der Waals surface area contributed by atoms with Crippen LogP contribution in [0.5, 0.6) is 0 Å². The van der Waals surface area contributed by atoms with Gasteiger partial charge < -0.3 is 14.4 Å². The number of nitrogens with zero attached hydrogens (tertiary/aromatic N) is 2. The van der Waals surface area contributed by atoms with Gasteiger partial charge in [-0.15, -0.1) is 0 Å². The lowest BCUT2D eigenvalue weighted by atomic mass is 10.0. The predicted octanol–water partition coefficient (Wildman–Crippen LogP) is 2.55. The first-order chi connectivity index (χ1) is 9.22. The first-order valence-electron chi connectivity index (χ1n) is 6.45. The minimum absolute atomic E-state index is 0.354. The van der Waals surface area contributed by atoms with E-state index in [-0.39, 0.29) is 5.79 Å². The van der Waals surface area contributed by atoms with Crippen molar-refractivity contribution in [2.24, 2.45) is 0 Å². The number of benzene rings is 1. The molecule has 0 aliphatic carbocycles. The molecule has 2 saturated heterocycles. The molecular weight excluding hydrogens is 264 g/mol. The van der Waals surface area contributed by atoms with Crippen molar-refractivity contribution >= 4 is 17.3 Å². The van der Waals surface area contributed by atoms with E-state index in [1.807, 2.05) is 12.1 Å². The van der Waals surface area contributed by atoms with Gasteiger partial charge in [-0.05, 0) is 18.2 Å². The Morgan fingerprint density at radius 1 is 1.21 bits per heavy atom. The largest absolute Gasteiger partial charge is 0.371 e. The van der Waals surface area contributed by atoms with Crippen LogP contribution in [0.25, 0.3) is 0 Å². The second-order valence-corrected chi connectivity index (χ2v) is 5.28. The summed E-state index contributed by atoms with van der Waals surface area (Å²) in [7, 11) is 0. The van der Waals surface area contributed by atoms with Gasteiger partial charge in [0.2, 0.25) is 0 Å². The summed E-state index contributed by atoms with van der Waals surface area (Å²) < 4.78 is 11.4. The van der Waals surface area contributed by atoms with Crippen LogP contribution in [0.1, 0.15) is 18.4 Å². The van der Waals surface area contributed by atoms with Gasteiger partial charge in [0.1, 0.15) is 6.07 Å². The van der Waals surface area contributed by atoms with Crippen molar-refractivity contribution in [3.05, 3.63) is 28.8 Å². The molecule has 1 aromatic rings. The highest BCUT2D eigenvalue weighted by molar-refractivity contribution is 6.32. The lowest BCUT2D eigenvalue weighted by molar-refractivity contribution is -0.169. The van der Waals surface area contributed by atoms with Crippen LogP contribution < -0.4 is 4.90 Å². The van der Waals surface area contributed by atoms with Crippen LogP contribution in [0.15, 0.2) is 18.2 Å². The third-order valence-electron chi connectivity index (χ3n) is 3.78. The van der Waals surface area contributed by atoms with Crippen molar-refractivity contribution in [2.75, 3.05) is 31.2 Å². The highest BCUT2D eigenvalue weighted by Gasteiger charge is 2.39. The molecule has 0 bridgehead atoms. The van der Waals surface area contributed by atoms with Gasteiger partial charge in [0, 0.05) is 31.6 Å². The molecule has 1 aromatic carbocycles. The quantitative estimate of drug-likeness (QED) is 0.792. The summed E-state index contributed by atoms with van der Waals surface area (Å²) in [5.74, 6) is -0.354. The third kappa shape index (κ3) is 2.42. The van der Waals surface area contributed by atoms with Crippen molar-refractivity contribution in [1.82, 2.24) is 0 Å². The molecule has 5 heteroatoms. The number of piperidine rings is 1. The summed E-state index contributed by atoms with van der Waals surface area (Å²) in [5, 5.41) is 9.39. The average molecular weight is 279 g/mol. The van der Waals surface area contributed by atoms with E-state index in [1.165, 1.54) is 0 Å². The number of halogens is 1. The highest BCUT2D eigenvalue weighted by atomic mass is 35.5. The Labute approximate surface area is 117 Å². The molecule has 2 heterocycles. The number of ether oxygens (including phenoxy) is 2. The number of hydrogen-bond acceptors (Lipinski definition) is 4. The van der Waals surface area contributed by atoms with Crippen LogP contribution in [-0.2, 0) is 9.47 Å². The van der Waals surface area contributed by atoms with Crippen LogP contribution >= 0.6 is 11.6 Å². The molecule has 2 aliphatic rings. The molecule has 4 nitrogen and oxygen atoms in total. The lowest BCUT2D eigenvalue weighted by Crippen LogP contribution is -2.45. The summed E-state index contributed by atoms with van der Waals surface area (Å²) in [5.41, 5.74) is 1.57. The SMILES string of the molecule is N#Cc1ccc(N2CCC3(CC2)OCCO3)cc1Cl. The molecule has 0 aromatic heterocycles. The number of hydrogen-bond donors (Lipinski definition) is 0. The Morgan fingerprint density at radius 2 is 1.89 bits per heavy atom. The summed E-state index contributed by atoms with van der Waals surface area (Å²) in [6.45, 7) is 3.15. The van der Waals surface area contributed by atoms with Crippen LogP contribution in [-0.4, -0.2) is 32.1 Å². The Morgan fingerprint density at radius 3 is 2.47 bits per heavy atom. The average Bonchev–Trinajstić information content (AvgIpc) is 2.88. The predicted molar refractivity (Wildman–Crippen MR) is 72.2 cm³/mol. The molecule has 100 valence electrons. The second kappa shape index (κ2) is 5.01. The fourth-order valence-corrected chi connectivity index (χ4v) is 2.90. The van der Waals surface area contributed by atoms with E-state index in [1.54, 1.807) is 6.07 Å². The maximum absolute atomic E-state index is 8.88. The standard InChI is InChI=1S/C14H15ClN2O2/c15-13-9-12(2-1-11(13)10-16)17-5-3-14(4-6-17)18-7-8-19-14/h1-2,9H,3-8H2. The van der Waals surface area contributed by atoms with E-state index in [0.717, 1.165) is 31.6 Å².